The van der Waals surface area contributed by atoms with Crippen LogP contribution in [0.4, 0.5) is 14.5 Å². The molecule has 0 fully saturated rings. The van der Waals surface area contributed by atoms with Crippen molar-refractivity contribution in [1.82, 2.24) is 4.57 Å². The van der Waals surface area contributed by atoms with Crippen LogP contribution in [0.15, 0.2) is 73.1 Å². The average Bonchev–Trinajstić information content (AvgIpc) is 3.11. The maximum absolute atomic E-state index is 12.4. The predicted molar refractivity (Wildman–Crippen MR) is 86.8 cm³/mol. The lowest BCUT2D eigenvalue weighted by Crippen LogP contribution is -2.14. The molecule has 0 aliphatic carbocycles. The Morgan fingerprint density at radius 2 is 1.62 bits per heavy atom. The number of aromatic nitrogens is 1. The molecule has 1 heterocycles. The number of carbonyl (C=O) groups excluding carboxylic acids is 1. The molecule has 3 rings (SSSR count). The van der Waals surface area contributed by atoms with Gasteiger partial charge in [0.15, 0.2) is 0 Å². The second kappa shape index (κ2) is 6.95. The molecule has 0 atom stereocenters. The Hall–Kier alpha value is -3.15. The van der Waals surface area contributed by atoms with Gasteiger partial charge < -0.3 is 14.6 Å². The molecule has 2 aromatic carbocycles. The molecular formula is C18H14F2N2O2. The van der Waals surface area contributed by atoms with Gasteiger partial charge in [0.25, 0.3) is 5.91 Å². The maximum atomic E-state index is 12.4. The van der Waals surface area contributed by atoms with Gasteiger partial charge in [0.2, 0.25) is 0 Å². The molecule has 0 unspecified atom stereocenters. The van der Waals surface area contributed by atoms with Crippen LogP contribution in [-0.2, 0) is 0 Å². The molecule has 6 heteroatoms. The highest BCUT2D eigenvalue weighted by Crippen LogP contribution is 2.26. The molecule has 4 nitrogen and oxygen atoms in total. The summed E-state index contributed by atoms with van der Waals surface area (Å²) in [4.78, 5) is 12.3. The summed E-state index contributed by atoms with van der Waals surface area (Å²) in [5.41, 5.74) is 1.52. The molecule has 1 aromatic heterocycles. The summed E-state index contributed by atoms with van der Waals surface area (Å²) in [5.74, 6) is -0.482. The number of hydrogen-bond acceptors (Lipinski definition) is 2. The summed E-state index contributed by atoms with van der Waals surface area (Å²) in [6.07, 6.45) is 3.79. The van der Waals surface area contributed by atoms with E-state index >= 15 is 0 Å². The number of nitrogens with zero attached hydrogens (tertiary/aromatic N) is 1. The van der Waals surface area contributed by atoms with Crippen molar-refractivity contribution in [2.45, 2.75) is 6.61 Å². The smallest absolute Gasteiger partial charge is 0.387 e. The van der Waals surface area contributed by atoms with Gasteiger partial charge in [0.05, 0.1) is 5.69 Å². The minimum Gasteiger partial charge on any atom is -0.433 e. The van der Waals surface area contributed by atoms with Gasteiger partial charge >= 0.3 is 6.61 Å². The zero-order chi connectivity index (χ0) is 16.9. The largest absolute Gasteiger partial charge is 0.433 e. The zero-order valence-electron chi connectivity index (χ0n) is 12.5. The molecule has 1 N–H and O–H groups in total. The van der Waals surface area contributed by atoms with E-state index in [1.165, 1.54) is 12.1 Å². The van der Waals surface area contributed by atoms with Crippen LogP contribution in [0, 0.1) is 0 Å². The van der Waals surface area contributed by atoms with Gasteiger partial charge in [-0.1, -0.05) is 12.1 Å². The first-order valence-corrected chi connectivity index (χ1v) is 7.22. The number of amides is 1. The van der Waals surface area contributed by atoms with Crippen LogP contribution >= 0.6 is 0 Å². The Morgan fingerprint density at radius 3 is 2.29 bits per heavy atom. The summed E-state index contributed by atoms with van der Waals surface area (Å²) >= 11 is 0. The van der Waals surface area contributed by atoms with Crippen molar-refractivity contribution < 1.29 is 18.3 Å². The van der Waals surface area contributed by atoms with E-state index in [2.05, 4.69) is 10.1 Å². The van der Waals surface area contributed by atoms with Crippen molar-refractivity contribution in [3.8, 4) is 11.4 Å². The molecule has 0 aliphatic rings. The van der Waals surface area contributed by atoms with Crippen LogP contribution < -0.4 is 10.1 Å². The number of nitrogens with one attached hydrogen (secondary N) is 1. The van der Waals surface area contributed by atoms with E-state index in [0.29, 0.717) is 5.56 Å². The summed E-state index contributed by atoms with van der Waals surface area (Å²) in [7, 11) is 0. The van der Waals surface area contributed by atoms with Crippen molar-refractivity contribution in [3.63, 3.8) is 0 Å². The van der Waals surface area contributed by atoms with Gasteiger partial charge in [-0.15, -0.1) is 0 Å². The topological polar surface area (TPSA) is 43.3 Å². The molecule has 0 radical (unpaired) electrons. The molecule has 0 bridgehead atoms. The van der Waals surface area contributed by atoms with Gasteiger partial charge in [0, 0.05) is 23.6 Å². The molecular weight excluding hydrogens is 314 g/mol. The highest BCUT2D eigenvalue weighted by atomic mass is 19.3. The van der Waals surface area contributed by atoms with Crippen LogP contribution in [0.3, 0.4) is 0 Å². The fraction of sp³-hybridized carbons (Fsp3) is 0.0556. The van der Waals surface area contributed by atoms with Gasteiger partial charge in [0.1, 0.15) is 5.75 Å². The molecule has 0 aliphatic heterocycles. The molecule has 0 saturated carbocycles. The van der Waals surface area contributed by atoms with Crippen LogP contribution in [-0.4, -0.2) is 17.1 Å². The SMILES string of the molecule is O=C(Nc1ccccc1OC(F)F)c1ccc(-n2cccc2)cc1. The quantitative estimate of drug-likeness (QED) is 0.757. The van der Waals surface area contributed by atoms with Crippen molar-refractivity contribution in [3.05, 3.63) is 78.6 Å². The zero-order valence-corrected chi connectivity index (χ0v) is 12.5. The minimum absolute atomic E-state index is 0.0789. The number of alkyl halides is 2. The van der Waals surface area contributed by atoms with Crippen LogP contribution in [0.5, 0.6) is 5.75 Å². The summed E-state index contributed by atoms with van der Waals surface area (Å²) in [5, 5.41) is 2.58. The van der Waals surface area contributed by atoms with Gasteiger partial charge in [-0.3, -0.25) is 4.79 Å². The second-order valence-corrected chi connectivity index (χ2v) is 4.97. The Kier molecular flexibility index (Phi) is 4.56. The number of anilines is 1. The Balaban J connectivity index is 1.76. The first-order valence-electron chi connectivity index (χ1n) is 7.22. The minimum atomic E-state index is -2.95. The van der Waals surface area contributed by atoms with Crippen molar-refractivity contribution in [2.75, 3.05) is 5.32 Å². The molecule has 122 valence electrons. The Morgan fingerprint density at radius 1 is 0.958 bits per heavy atom. The molecule has 0 spiro atoms. The highest BCUT2D eigenvalue weighted by Gasteiger charge is 2.12. The summed E-state index contributed by atoms with van der Waals surface area (Å²) < 4.78 is 31.1. The van der Waals surface area contributed by atoms with Crippen molar-refractivity contribution in [2.24, 2.45) is 0 Å². The van der Waals surface area contributed by atoms with Gasteiger partial charge in [-0.25, -0.2) is 0 Å². The number of para-hydroxylation sites is 2. The number of benzene rings is 2. The van der Waals surface area contributed by atoms with Crippen molar-refractivity contribution >= 4 is 11.6 Å². The third-order valence-electron chi connectivity index (χ3n) is 3.38. The van der Waals surface area contributed by atoms with E-state index in [1.807, 2.05) is 29.1 Å². The number of carbonyl (C=O) groups is 1. The Bertz CT molecular complexity index is 815. The molecule has 0 saturated heterocycles. The fourth-order valence-electron chi connectivity index (χ4n) is 2.25. The second-order valence-electron chi connectivity index (χ2n) is 4.97. The molecule has 24 heavy (non-hydrogen) atoms. The number of ether oxygens (including phenoxy) is 1. The number of rotatable bonds is 5. The van der Waals surface area contributed by atoms with E-state index < -0.39 is 12.5 Å². The van der Waals surface area contributed by atoms with E-state index in [0.717, 1.165) is 5.69 Å². The van der Waals surface area contributed by atoms with Crippen LogP contribution in [0.25, 0.3) is 5.69 Å². The Labute approximate surface area is 137 Å². The van der Waals surface area contributed by atoms with E-state index in [-0.39, 0.29) is 11.4 Å². The van der Waals surface area contributed by atoms with Gasteiger partial charge in [-0.2, -0.15) is 8.78 Å². The average molecular weight is 328 g/mol. The first kappa shape index (κ1) is 15.7. The third kappa shape index (κ3) is 3.60. The van der Waals surface area contributed by atoms with Crippen LogP contribution in [0.2, 0.25) is 0 Å². The standard InChI is InChI=1S/C18H14F2N2O2/c19-18(20)24-16-6-2-1-5-15(16)21-17(23)13-7-9-14(10-8-13)22-11-3-4-12-22/h1-12,18H,(H,21,23). The molecule has 3 aromatic rings. The van der Waals surface area contributed by atoms with Gasteiger partial charge in [-0.05, 0) is 48.5 Å². The summed E-state index contributed by atoms with van der Waals surface area (Å²) in [6, 6.07) is 16.8. The lowest BCUT2D eigenvalue weighted by molar-refractivity contribution is -0.0493. The summed E-state index contributed by atoms with van der Waals surface area (Å²) in [6.45, 7) is -2.95. The fourth-order valence-corrected chi connectivity index (χ4v) is 2.25. The monoisotopic (exact) mass is 328 g/mol. The van der Waals surface area contributed by atoms with E-state index in [9.17, 15) is 13.6 Å². The van der Waals surface area contributed by atoms with E-state index in [4.69, 9.17) is 0 Å². The number of halogens is 2. The lowest BCUT2D eigenvalue weighted by Gasteiger charge is -2.12. The van der Waals surface area contributed by atoms with Crippen molar-refractivity contribution in [1.29, 1.82) is 0 Å². The lowest BCUT2D eigenvalue weighted by atomic mass is 10.2. The third-order valence-corrected chi connectivity index (χ3v) is 3.38. The first-order chi connectivity index (χ1) is 11.6. The number of hydrogen-bond donors (Lipinski definition) is 1. The normalized spacial score (nSPS) is 10.6. The highest BCUT2D eigenvalue weighted by molar-refractivity contribution is 6.05. The predicted octanol–water partition coefficient (Wildman–Crippen LogP) is 4.33. The van der Waals surface area contributed by atoms with Crippen LogP contribution in [0.1, 0.15) is 10.4 Å². The van der Waals surface area contributed by atoms with E-state index in [1.54, 1.807) is 36.4 Å². The maximum Gasteiger partial charge on any atom is 0.387 e. The molecule has 1 amide bonds.